The average Bonchev–Trinajstić information content (AvgIpc) is 3.17. The van der Waals surface area contributed by atoms with E-state index in [0.29, 0.717) is 25.6 Å². The van der Waals surface area contributed by atoms with Crippen LogP contribution in [0.5, 0.6) is 5.75 Å². The molecule has 0 radical (unpaired) electrons. The number of rotatable bonds is 8. The maximum absolute atomic E-state index is 12.5. The number of nitrogens with two attached hydrogens (primary N) is 1. The third-order valence-electron chi connectivity index (χ3n) is 5.49. The number of para-hydroxylation sites is 1. The summed E-state index contributed by atoms with van der Waals surface area (Å²) in [6.45, 7) is 6.16. The van der Waals surface area contributed by atoms with Crippen molar-refractivity contribution in [2.75, 3.05) is 46.0 Å². The minimum atomic E-state index is 0.0643. The van der Waals surface area contributed by atoms with Crippen molar-refractivity contribution in [3.05, 3.63) is 29.8 Å². The molecule has 26 heavy (non-hydrogen) atoms. The molecule has 1 heterocycles. The molecule has 1 saturated carbocycles. The summed E-state index contributed by atoms with van der Waals surface area (Å²) in [5.41, 5.74) is 6.82. The van der Waals surface area contributed by atoms with Crippen LogP contribution in [0.25, 0.3) is 0 Å². The van der Waals surface area contributed by atoms with Gasteiger partial charge in [-0.25, -0.2) is 0 Å². The first kappa shape index (κ1) is 19.1. The lowest BCUT2D eigenvalue weighted by Crippen LogP contribution is -2.38. The fraction of sp³-hybridized carbons (Fsp3) is 0.650. The molecule has 0 bridgehead atoms. The number of benzene rings is 1. The monoisotopic (exact) mass is 361 g/mol. The van der Waals surface area contributed by atoms with E-state index in [1.165, 1.54) is 0 Å². The van der Waals surface area contributed by atoms with Crippen LogP contribution in [0.4, 0.5) is 0 Å². The molecule has 1 aliphatic carbocycles. The van der Waals surface area contributed by atoms with Gasteiger partial charge in [0.1, 0.15) is 12.4 Å². The molecular weight excluding hydrogens is 330 g/mol. The molecule has 0 unspecified atom stereocenters. The van der Waals surface area contributed by atoms with E-state index in [1.54, 1.807) is 0 Å². The highest BCUT2D eigenvalue weighted by molar-refractivity contribution is 5.79. The van der Waals surface area contributed by atoms with E-state index in [2.05, 4.69) is 10.2 Å². The molecule has 3 rings (SSSR count). The van der Waals surface area contributed by atoms with E-state index >= 15 is 0 Å². The number of hydrogen-bond acceptors (Lipinski definition) is 5. The van der Waals surface area contributed by atoms with Gasteiger partial charge >= 0.3 is 0 Å². The second-order valence-corrected chi connectivity index (χ2v) is 7.16. The zero-order valence-corrected chi connectivity index (χ0v) is 15.5. The summed E-state index contributed by atoms with van der Waals surface area (Å²) in [6.07, 6.45) is 3.11. The van der Waals surface area contributed by atoms with Gasteiger partial charge in [-0.2, -0.15) is 0 Å². The second-order valence-electron chi connectivity index (χ2n) is 7.16. The van der Waals surface area contributed by atoms with Crippen LogP contribution in [0.1, 0.15) is 24.8 Å². The Bertz CT molecular complexity index is 575. The zero-order chi connectivity index (χ0) is 18.2. The molecule has 1 amide bonds. The van der Waals surface area contributed by atoms with Crippen LogP contribution in [0.2, 0.25) is 0 Å². The van der Waals surface area contributed by atoms with Gasteiger partial charge in [0.15, 0.2) is 0 Å². The van der Waals surface area contributed by atoms with Gasteiger partial charge in [-0.3, -0.25) is 9.69 Å². The van der Waals surface area contributed by atoms with Crippen molar-refractivity contribution in [3.8, 4) is 5.75 Å². The molecule has 144 valence electrons. The summed E-state index contributed by atoms with van der Waals surface area (Å²) in [6, 6.07) is 7.93. The highest BCUT2D eigenvalue weighted by Gasteiger charge is 2.31. The topological polar surface area (TPSA) is 76.8 Å². The van der Waals surface area contributed by atoms with Gasteiger partial charge in [0, 0.05) is 37.7 Å². The van der Waals surface area contributed by atoms with Crippen molar-refractivity contribution >= 4 is 5.91 Å². The van der Waals surface area contributed by atoms with E-state index in [9.17, 15) is 4.79 Å². The fourth-order valence-corrected chi connectivity index (χ4v) is 3.88. The molecule has 6 nitrogen and oxygen atoms in total. The molecule has 6 heteroatoms. The van der Waals surface area contributed by atoms with Crippen LogP contribution in [-0.4, -0.2) is 56.8 Å². The molecule has 1 aromatic rings. The number of carbonyl (C=O) groups is 1. The molecule has 0 aromatic heterocycles. The van der Waals surface area contributed by atoms with Crippen LogP contribution < -0.4 is 15.8 Å². The minimum Gasteiger partial charge on any atom is -0.492 e. The molecule has 1 saturated heterocycles. The van der Waals surface area contributed by atoms with Crippen LogP contribution >= 0.6 is 0 Å². The Morgan fingerprint density at radius 2 is 2.08 bits per heavy atom. The van der Waals surface area contributed by atoms with E-state index in [-0.39, 0.29) is 11.8 Å². The molecule has 1 aromatic carbocycles. The fourth-order valence-electron chi connectivity index (χ4n) is 3.88. The maximum atomic E-state index is 12.5. The average molecular weight is 361 g/mol. The number of amides is 1. The van der Waals surface area contributed by atoms with Gasteiger partial charge < -0.3 is 20.5 Å². The third-order valence-corrected chi connectivity index (χ3v) is 5.49. The molecule has 3 N–H and O–H groups in total. The van der Waals surface area contributed by atoms with Crippen molar-refractivity contribution in [1.29, 1.82) is 0 Å². The largest absolute Gasteiger partial charge is 0.492 e. The molecule has 2 atom stereocenters. The molecule has 2 fully saturated rings. The summed E-state index contributed by atoms with van der Waals surface area (Å²) in [4.78, 5) is 14.8. The highest BCUT2D eigenvalue weighted by Crippen LogP contribution is 2.31. The Labute approximate surface area is 156 Å². The van der Waals surface area contributed by atoms with Gasteiger partial charge in [0.2, 0.25) is 5.91 Å². The Morgan fingerprint density at radius 1 is 1.27 bits per heavy atom. The zero-order valence-electron chi connectivity index (χ0n) is 15.5. The lowest BCUT2D eigenvalue weighted by molar-refractivity contribution is -0.126. The number of carbonyl (C=O) groups excluding carboxylic acids is 1. The minimum absolute atomic E-state index is 0.0643. The first-order valence-corrected chi connectivity index (χ1v) is 9.76. The smallest absolute Gasteiger partial charge is 0.223 e. The SMILES string of the molecule is NC[C@H]1CCC[C@H]1C(=O)NCc1ccccc1OCCN1CCOCC1. The summed E-state index contributed by atoms with van der Waals surface area (Å²) >= 11 is 0. The Morgan fingerprint density at radius 3 is 2.88 bits per heavy atom. The lowest BCUT2D eigenvalue weighted by atomic mass is 9.95. The van der Waals surface area contributed by atoms with Gasteiger partial charge in [-0.15, -0.1) is 0 Å². The first-order chi connectivity index (χ1) is 12.8. The maximum Gasteiger partial charge on any atom is 0.223 e. The number of ether oxygens (including phenoxy) is 2. The van der Waals surface area contributed by atoms with Crippen molar-refractivity contribution in [2.45, 2.75) is 25.8 Å². The van der Waals surface area contributed by atoms with Gasteiger partial charge in [0.05, 0.1) is 13.2 Å². The van der Waals surface area contributed by atoms with Crippen LogP contribution in [0.15, 0.2) is 24.3 Å². The molecule has 1 aliphatic heterocycles. The summed E-state index contributed by atoms with van der Waals surface area (Å²) in [7, 11) is 0. The standard InChI is InChI=1S/C20H31N3O3/c21-14-16-5-3-6-18(16)20(24)22-15-17-4-1-2-7-19(17)26-13-10-23-8-11-25-12-9-23/h1-2,4,7,16,18H,3,5-6,8-15,21H2,(H,22,24)/t16-,18-/m1/s1. The molecular formula is C20H31N3O3. The first-order valence-electron chi connectivity index (χ1n) is 9.76. The predicted octanol–water partition coefficient (Wildman–Crippen LogP) is 1.39. The van der Waals surface area contributed by atoms with Crippen molar-refractivity contribution in [3.63, 3.8) is 0 Å². The summed E-state index contributed by atoms with van der Waals surface area (Å²) in [5, 5.41) is 3.08. The number of hydrogen-bond donors (Lipinski definition) is 2. The number of nitrogens with one attached hydrogen (secondary N) is 1. The normalized spacial score (nSPS) is 23.7. The van der Waals surface area contributed by atoms with E-state index in [4.69, 9.17) is 15.2 Å². The quantitative estimate of drug-likeness (QED) is 0.732. The van der Waals surface area contributed by atoms with Crippen LogP contribution in [0, 0.1) is 11.8 Å². The third kappa shape index (κ3) is 5.19. The second kappa shape index (κ2) is 9.90. The molecule has 2 aliphatic rings. The number of nitrogens with zero attached hydrogens (tertiary/aromatic N) is 1. The molecule has 0 spiro atoms. The van der Waals surface area contributed by atoms with Crippen molar-refractivity contribution in [2.24, 2.45) is 17.6 Å². The van der Waals surface area contributed by atoms with Crippen LogP contribution in [0.3, 0.4) is 0 Å². The van der Waals surface area contributed by atoms with E-state index < -0.39 is 0 Å². The predicted molar refractivity (Wildman–Crippen MR) is 101 cm³/mol. The van der Waals surface area contributed by atoms with Crippen LogP contribution in [-0.2, 0) is 16.1 Å². The van der Waals surface area contributed by atoms with Gasteiger partial charge in [-0.1, -0.05) is 24.6 Å². The Kier molecular flexibility index (Phi) is 7.29. The Hall–Kier alpha value is -1.63. The highest BCUT2D eigenvalue weighted by atomic mass is 16.5. The van der Waals surface area contributed by atoms with Crippen molar-refractivity contribution < 1.29 is 14.3 Å². The Balaban J connectivity index is 1.48. The van der Waals surface area contributed by atoms with E-state index in [0.717, 1.165) is 63.4 Å². The van der Waals surface area contributed by atoms with Gasteiger partial charge in [0.25, 0.3) is 0 Å². The van der Waals surface area contributed by atoms with Gasteiger partial charge in [-0.05, 0) is 31.4 Å². The summed E-state index contributed by atoms with van der Waals surface area (Å²) < 4.78 is 11.4. The van der Waals surface area contributed by atoms with Crippen molar-refractivity contribution in [1.82, 2.24) is 10.2 Å². The van der Waals surface area contributed by atoms with E-state index in [1.807, 2.05) is 24.3 Å². The summed E-state index contributed by atoms with van der Waals surface area (Å²) in [5.74, 6) is 1.37. The lowest BCUT2D eigenvalue weighted by Gasteiger charge is -2.26. The number of morpholine rings is 1.